The summed E-state index contributed by atoms with van der Waals surface area (Å²) in [7, 11) is 0. The number of nitrogens with zero attached hydrogens (tertiary/aromatic N) is 4. The summed E-state index contributed by atoms with van der Waals surface area (Å²) >= 11 is 0. The molecule has 3 aromatic heterocycles. The van der Waals surface area contributed by atoms with Gasteiger partial charge in [-0.2, -0.15) is 9.61 Å². The molecule has 1 atom stereocenters. The molecular formula is C25H35N9O3. The van der Waals surface area contributed by atoms with Crippen LogP contribution in [0, 0.1) is 5.92 Å². The highest BCUT2D eigenvalue weighted by Gasteiger charge is 2.24. The fourth-order valence-corrected chi connectivity index (χ4v) is 4.46. The van der Waals surface area contributed by atoms with Crippen LogP contribution in [0.3, 0.4) is 0 Å². The highest BCUT2D eigenvalue weighted by molar-refractivity contribution is 5.74. The first-order valence-corrected chi connectivity index (χ1v) is 13.0. The van der Waals surface area contributed by atoms with E-state index in [9.17, 15) is 14.7 Å². The van der Waals surface area contributed by atoms with Crippen LogP contribution in [0.4, 0.5) is 10.6 Å². The summed E-state index contributed by atoms with van der Waals surface area (Å²) < 4.78 is 1.69. The minimum absolute atomic E-state index is 0.102. The zero-order valence-corrected chi connectivity index (χ0v) is 21.4. The van der Waals surface area contributed by atoms with Crippen LogP contribution < -0.4 is 32.3 Å². The van der Waals surface area contributed by atoms with E-state index >= 15 is 0 Å². The number of urea groups is 1. The predicted molar refractivity (Wildman–Crippen MR) is 139 cm³/mol. The van der Waals surface area contributed by atoms with E-state index in [0.717, 1.165) is 38.5 Å². The topological polar surface area (TPSA) is 165 Å². The number of amides is 2. The molecule has 2 aliphatic rings. The van der Waals surface area contributed by atoms with Gasteiger partial charge in [0.05, 0.1) is 12.2 Å². The van der Waals surface area contributed by atoms with Crippen molar-refractivity contribution in [3.05, 3.63) is 39.1 Å². The van der Waals surface area contributed by atoms with Gasteiger partial charge in [-0.15, -0.1) is 0 Å². The average molecular weight is 510 g/mol. The number of carbonyl (C=O) groups excluding carboxylic acids is 1. The highest BCUT2D eigenvalue weighted by atomic mass is 16.3. The van der Waals surface area contributed by atoms with E-state index < -0.39 is 5.69 Å². The number of aromatic hydroxyl groups is 1. The number of carbonyl (C=O) groups is 1. The van der Waals surface area contributed by atoms with Crippen LogP contribution in [-0.2, 0) is 0 Å². The maximum Gasteiger partial charge on any atom is 0.326 e. The van der Waals surface area contributed by atoms with Gasteiger partial charge < -0.3 is 26.0 Å². The largest absolute Gasteiger partial charge is 0.493 e. The van der Waals surface area contributed by atoms with Crippen molar-refractivity contribution >= 4 is 23.6 Å². The van der Waals surface area contributed by atoms with Gasteiger partial charge >= 0.3 is 11.7 Å². The minimum Gasteiger partial charge on any atom is -0.493 e. The van der Waals surface area contributed by atoms with Crippen LogP contribution in [0.5, 0.6) is 5.88 Å². The second-order valence-electron chi connectivity index (χ2n) is 10.5. The van der Waals surface area contributed by atoms with E-state index in [0.29, 0.717) is 34.1 Å². The lowest BCUT2D eigenvalue weighted by molar-refractivity contribution is 0.225. The van der Waals surface area contributed by atoms with E-state index in [1.54, 1.807) is 16.8 Å². The van der Waals surface area contributed by atoms with Gasteiger partial charge in [0, 0.05) is 29.4 Å². The molecule has 12 heteroatoms. The molecule has 0 aromatic carbocycles. The minimum atomic E-state index is -0.489. The molecule has 0 radical (unpaired) electrons. The Morgan fingerprint density at radius 2 is 1.89 bits per heavy atom. The van der Waals surface area contributed by atoms with Crippen LogP contribution in [0.15, 0.2) is 22.1 Å². The van der Waals surface area contributed by atoms with Crippen LogP contribution in [0.25, 0.3) is 11.7 Å². The van der Waals surface area contributed by atoms with Crippen molar-refractivity contribution in [2.24, 2.45) is 10.9 Å². The first-order chi connectivity index (χ1) is 17.7. The normalized spacial score (nSPS) is 21.9. The molecule has 0 bridgehead atoms. The quantitative estimate of drug-likeness (QED) is 0.279. The van der Waals surface area contributed by atoms with E-state index in [4.69, 9.17) is 9.98 Å². The molecule has 5 rings (SSSR count). The van der Waals surface area contributed by atoms with E-state index in [1.807, 2.05) is 13.0 Å². The highest BCUT2D eigenvalue weighted by Crippen LogP contribution is 2.23. The van der Waals surface area contributed by atoms with Crippen molar-refractivity contribution in [1.29, 1.82) is 0 Å². The maximum absolute atomic E-state index is 12.3. The van der Waals surface area contributed by atoms with Crippen molar-refractivity contribution in [2.75, 3.05) is 5.32 Å². The lowest BCUT2D eigenvalue weighted by atomic mass is 9.91. The molecule has 37 heavy (non-hydrogen) atoms. The van der Waals surface area contributed by atoms with Gasteiger partial charge in [0.2, 0.25) is 5.88 Å². The fraction of sp³-hybridized carbons (Fsp3) is 0.560. The Labute approximate surface area is 213 Å². The Morgan fingerprint density at radius 1 is 1.16 bits per heavy atom. The molecule has 2 aliphatic carbocycles. The Hall–Kier alpha value is -3.83. The number of aromatic amines is 2. The number of anilines is 1. The molecule has 3 heterocycles. The standard InChI is InChI=1S/C25H35N9O3/c1-13(2)14(3)27-24(36)30-18-8-4-16(5-9-18)28-20-11-21(29-17-6-7-17)34-22(32-20)15(12-26-34)10-19-23(35)33-25(37)31-19/h10-14,16-18,28,35H,4-9H2,1-3H3,(H2,27,30,36)(H2,31,33,37). The SMILES string of the molecule is CC(C)C(C)NC(=O)NC1CCC(Nc2cc(=NC3CC3)n3ncc(=Cc4[nH]c(=O)[nH]c4O)c3n2)CC1. The number of hydrogen-bond donors (Lipinski definition) is 6. The molecule has 0 aliphatic heterocycles. The molecule has 198 valence electrons. The Kier molecular flexibility index (Phi) is 6.90. The number of fused-ring (bicyclic) bond motifs is 1. The zero-order chi connectivity index (χ0) is 26.1. The fourth-order valence-electron chi connectivity index (χ4n) is 4.46. The molecule has 1 unspecified atom stereocenters. The second-order valence-corrected chi connectivity index (χ2v) is 10.5. The molecule has 3 aromatic rings. The third-order valence-electron chi connectivity index (χ3n) is 7.15. The van der Waals surface area contributed by atoms with Gasteiger partial charge in [-0.1, -0.05) is 13.8 Å². The van der Waals surface area contributed by atoms with Crippen LogP contribution in [0.2, 0.25) is 0 Å². The summed E-state index contributed by atoms with van der Waals surface area (Å²) in [5.74, 6) is 0.852. The predicted octanol–water partition coefficient (Wildman–Crippen LogP) is 1.13. The average Bonchev–Trinajstić information content (AvgIpc) is 3.48. The number of H-pyrrole nitrogens is 2. The molecular weight excluding hydrogens is 474 g/mol. The van der Waals surface area contributed by atoms with Gasteiger partial charge in [-0.3, -0.25) is 9.98 Å². The Bertz CT molecular complexity index is 1440. The molecule has 12 nitrogen and oxygen atoms in total. The van der Waals surface area contributed by atoms with Crippen molar-refractivity contribution in [1.82, 2.24) is 35.2 Å². The molecule has 2 amide bonds. The van der Waals surface area contributed by atoms with Gasteiger partial charge in [-0.05, 0) is 57.4 Å². The summed E-state index contributed by atoms with van der Waals surface area (Å²) in [4.78, 5) is 38.3. The van der Waals surface area contributed by atoms with Gasteiger partial charge in [-0.25, -0.2) is 14.6 Å². The van der Waals surface area contributed by atoms with Crippen molar-refractivity contribution in [3.63, 3.8) is 0 Å². The Morgan fingerprint density at radius 3 is 2.54 bits per heavy atom. The maximum atomic E-state index is 12.3. The molecule has 0 saturated heterocycles. The first-order valence-electron chi connectivity index (χ1n) is 13.0. The zero-order valence-electron chi connectivity index (χ0n) is 21.4. The lowest BCUT2D eigenvalue weighted by Gasteiger charge is -2.30. The van der Waals surface area contributed by atoms with Crippen LogP contribution >= 0.6 is 0 Å². The van der Waals surface area contributed by atoms with Crippen LogP contribution in [0.1, 0.15) is 65.0 Å². The monoisotopic (exact) mass is 509 g/mol. The third kappa shape index (κ3) is 5.95. The summed E-state index contributed by atoms with van der Waals surface area (Å²) in [6.07, 6.45) is 8.98. The van der Waals surface area contributed by atoms with E-state index in [2.05, 4.69) is 44.9 Å². The number of imidazole rings is 1. The number of hydrogen-bond acceptors (Lipinski definition) is 7. The summed E-state index contributed by atoms with van der Waals surface area (Å²) in [6, 6.07) is 2.62. The summed E-state index contributed by atoms with van der Waals surface area (Å²) in [5.41, 5.74) is 1.07. The number of rotatable bonds is 7. The van der Waals surface area contributed by atoms with Gasteiger partial charge in [0.25, 0.3) is 0 Å². The number of nitrogens with one attached hydrogen (secondary N) is 5. The molecule has 6 N–H and O–H groups in total. The second kappa shape index (κ2) is 10.3. The molecule has 0 spiro atoms. The van der Waals surface area contributed by atoms with Gasteiger partial charge in [0.1, 0.15) is 11.5 Å². The third-order valence-corrected chi connectivity index (χ3v) is 7.15. The molecule has 2 saturated carbocycles. The van der Waals surface area contributed by atoms with Crippen molar-refractivity contribution < 1.29 is 9.90 Å². The molecule has 2 fully saturated rings. The summed E-state index contributed by atoms with van der Waals surface area (Å²) in [5, 5.41) is 24.8. The Balaban J connectivity index is 1.32. The van der Waals surface area contributed by atoms with Crippen molar-refractivity contribution in [2.45, 2.75) is 83.5 Å². The van der Waals surface area contributed by atoms with Crippen molar-refractivity contribution in [3.8, 4) is 5.88 Å². The lowest BCUT2D eigenvalue weighted by Crippen LogP contribution is -2.48. The van der Waals surface area contributed by atoms with E-state index in [-0.39, 0.29) is 35.7 Å². The summed E-state index contributed by atoms with van der Waals surface area (Å²) in [6.45, 7) is 6.20. The number of aromatic nitrogens is 5. The smallest absolute Gasteiger partial charge is 0.326 e. The van der Waals surface area contributed by atoms with E-state index in [1.165, 1.54) is 0 Å². The van der Waals surface area contributed by atoms with Crippen LogP contribution in [-0.4, -0.2) is 59.9 Å². The van der Waals surface area contributed by atoms with Gasteiger partial charge in [0.15, 0.2) is 11.1 Å². The first kappa shape index (κ1) is 24.8.